The molecule has 23 heavy (non-hydrogen) atoms. The average Bonchev–Trinajstić information content (AvgIpc) is 3.08. The van der Waals surface area contributed by atoms with Gasteiger partial charge in [0.25, 0.3) is 0 Å². The summed E-state index contributed by atoms with van der Waals surface area (Å²) >= 11 is 0. The van der Waals surface area contributed by atoms with Gasteiger partial charge in [0.2, 0.25) is 0 Å². The monoisotopic (exact) mass is 324 g/mol. The highest BCUT2D eigenvalue weighted by atomic mass is 16.1. The number of rotatable bonds is 6. The zero-order chi connectivity index (χ0) is 16.6. The van der Waals surface area contributed by atoms with Gasteiger partial charge < -0.3 is 9.78 Å². The van der Waals surface area contributed by atoms with Crippen LogP contribution in [0, 0.1) is 5.92 Å². The van der Waals surface area contributed by atoms with Gasteiger partial charge in [-0.3, -0.25) is 0 Å². The minimum atomic E-state index is 0. The first kappa shape index (κ1) is 24.1. The summed E-state index contributed by atoms with van der Waals surface area (Å²) in [5, 5.41) is 0. The summed E-state index contributed by atoms with van der Waals surface area (Å²) in [5.74, 6) is 1.32. The predicted molar refractivity (Wildman–Crippen MR) is 102 cm³/mol. The lowest BCUT2D eigenvalue weighted by atomic mass is 9.86. The molecule has 0 atom stereocenters. The first-order chi connectivity index (χ1) is 10.7. The molecule has 136 valence electrons. The van der Waals surface area contributed by atoms with Crippen molar-refractivity contribution in [2.24, 2.45) is 5.92 Å². The Morgan fingerprint density at radius 2 is 1.91 bits per heavy atom. The number of aromatic nitrogens is 2. The second kappa shape index (κ2) is 17.2. The highest BCUT2D eigenvalue weighted by molar-refractivity contribution is 5.75. The van der Waals surface area contributed by atoms with Crippen molar-refractivity contribution in [3.63, 3.8) is 0 Å². The molecule has 0 unspecified atom stereocenters. The maximum atomic E-state index is 10.5. The minimum Gasteiger partial charge on any atom is -0.348 e. The molecule has 0 aromatic carbocycles. The normalized spacial score (nSPS) is 13.7. The lowest BCUT2D eigenvalue weighted by molar-refractivity contribution is -0.116. The molecule has 1 aromatic heterocycles. The van der Waals surface area contributed by atoms with Crippen molar-refractivity contribution in [3.8, 4) is 0 Å². The van der Waals surface area contributed by atoms with Gasteiger partial charge in [0.05, 0.1) is 6.33 Å². The number of imidazole rings is 1. The summed E-state index contributed by atoms with van der Waals surface area (Å²) in [6.07, 6.45) is 16.7. The molecule has 0 amide bonds. The standard InChI is InChI=1S/C10H20.C7H10N2O.C2H6.CH4/c1-2-3-7-10-8-5-4-6-9-10;1-6(10)2-3-7-4-8-5-9-7;1-2;/h10H,2-9H2,1H3;4-5H,2-3H2,1H3,(H,8,9);1-2H3;1H4. The molecule has 2 rings (SSSR count). The first-order valence-electron chi connectivity index (χ1n) is 9.19. The lowest BCUT2D eigenvalue weighted by Gasteiger charge is -2.20. The van der Waals surface area contributed by atoms with Crippen LogP contribution in [0.4, 0.5) is 0 Å². The Kier molecular flexibility index (Phi) is 18.1. The van der Waals surface area contributed by atoms with E-state index in [1.54, 1.807) is 19.4 Å². The number of ketones is 1. The fraction of sp³-hybridized carbons (Fsp3) is 0.800. The highest BCUT2D eigenvalue weighted by Gasteiger charge is 2.11. The van der Waals surface area contributed by atoms with Gasteiger partial charge in [0.1, 0.15) is 5.78 Å². The van der Waals surface area contributed by atoms with Crippen LogP contribution >= 0.6 is 0 Å². The van der Waals surface area contributed by atoms with Crippen LogP contribution in [0.15, 0.2) is 12.5 Å². The van der Waals surface area contributed by atoms with Crippen molar-refractivity contribution in [3.05, 3.63) is 18.2 Å². The molecule has 1 heterocycles. The number of hydrogen-bond acceptors (Lipinski definition) is 2. The van der Waals surface area contributed by atoms with E-state index in [0.717, 1.165) is 18.0 Å². The fourth-order valence-corrected chi connectivity index (χ4v) is 2.70. The molecular formula is C20H40N2O. The lowest BCUT2D eigenvalue weighted by Crippen LogP contribution is -2.05. The smallest absolute Gasteiger partial charge is 0.130 e. The molecule has 0 saturated heterocycles. The third kappa shape index (κ3) is 14.2. The van der Waals surface area contributed by atoms with Gasteiger partial charge in [-0.15, -0.1) is 0 Å². The molecule has 1 aromatic rings. The van der Waals surface area contributed by atoms with E-state index in [0.29, 0.717) is 6.42 Å². The summed E-state index contributed by atoms with van der Waals surface area (Å²) in [5.41, 5.74) is 1.02. The number of carbonyl (C=O) groups is 1. The van der Waals surface area contributed by atoms with Crippen LogP contribution in [0.5, 0.6) is 0 Å². The number of nitrogens with zero attached hydrogens (tertiary/aromatic N) is 1. The molecule has 0 spiro atoms. The molecule has 1 fully saturated rings. The molecule has 0 aliphatic heterocycles. The van der Waals surface area contributed by atoms with Gasteiger partial charge in [-0.05, 0) is 19.3 Å². The average molecular weight is 325 g/mol. The van der Waals surface area contributed by atoms with Gasteiger partial charge in [-0.2, -0.15) is 0 Å². The molecule has 1 N–H and O–H groups in total. The Labute approximate surface area is 144 Å². The summed E-state index contributed by atoms with van der Waals surface area (Å²) in [6.45, 7) is 7.89. The van der Waals surface area contributed by atoms with Gasteiger partial charge in [-0.25, -0.2) is 4.98 Å². The van der Waals surface area contributed by atoms with Gasteiger partial charge >= 0.3 is 0 Å². The maximum Gasteiger partial charge on any atom is 0.130 e. The van der Waals surface area contributed by atoms with E-state index in [4.69, 9.17) is 0 Å². The number of carbonyl (C=O) groups excluding carboxylic acids is 1. The second-order valence-electron chi connectivity index (χ2n) is 5.93. The van der Waals surface area contributed by atoms with Crippen LogP contribution in [-0.4, -0.2) is 15.8 Å². The van der Waals surface area contributed by atoms with E-state index in [1.807, 2.05) is 13.8 Å². The number of H-pyrrole nitrogens is 1. The maximum absolute atomic E-state index is 10.5. The van der Waals surface area contributed by atoms with Crippen LogP contribution in [0.1, 0.15) is 98.6 Å². The van der Waals surface area contributed by atoms with E-state index in [9.17, 15) is 4.79 Å². The number of nitrogens with one attached hydrogen (secondary N) is 1. The Bertz CT molecular complexity index is 341. The largest absolute Gasteiger partial charge is 0.348 e. The second-order valence-corrected chi connectivity index (χ2v) is 5.93. The predicted octanol–water partition coefficient (Wildman–Crippen LogP) is 6.35. The van der Waals surface area contributed by atoms with Crippen LogP contribution in [0.2, 0.25) is 0 Å². The Balaban J connectivity index is 0. The minimum absolute atomic E-state index is 0. The van der Waals surface area contributed by atoms with E-state index in [2.05, 4.69) is 16.9 Å². The van der Waals surface area contributed by atoms with Gasteiger partial charge in [0, 0.05) is 18.3 Å². The number of aromatic amines is 1. The van der Waals surface area contributed by atoms with Gasteiger partial charge in [-0.1, -0.05) is 79.6 Å². The summed E-state index contributed by atoms with van der Waals surface area (Å²) in [6, 6.07) is 0. The Morgan fingerprint density at radius 1 is 1.26 bits per heavy atom. The molecule has 1 saturated carbocycles. The van der Waals surface area contributed by atoms with Gasteiger partial charge in [0.15, 0.2) is 0 Å². The zero-order valence-electron chi connectivity index (χ0n) is 15.2. The number of unbranched alkanes of at least 4 members (excludes halogenated alkanes) is 1. The molecule has 0 bridgehead atoms. The molecule has 0 radical (unpaired) electrons. The summed E-state index contributed by atoms with van der Waals surface area (Å²) in [4.78, 5) is 17.3. The van der Waals surface area contributed by atoms with E-state index in [1.165, 1.54) is 51.4 Å². The number of aryl methyl sites for hydroxylation is 1. The number of Topliss-reactive ketones (excluding diaryl/α,β-unsaturated/α-hetero) is 1. The third-order valence-electron chi connectivity index (χ3n) is 3.99. The van der Waals surface area contributed by atoms with Crippen LogP contribution in [-0.2, 0) is 11.2 Å². The Hall–Kier alpha value is -1.12. The van der Waals surface area contributed by atoms with Crippen molar-refractivity contribution < 1.29 is 4.79 Å². The molecule has 1 aliphatic rings. The molecule has 3 nitrogen and oxygen atoms in total. The van der Waals surface area contributed by atoms with Crippen LogP contribution in [0.3, 0.4) is 0 Å². The first-order valence-corrected chi connectivity index (χ1v) is 9.19. The third-order valence-corrected chi connectivity index (χ3v) is 3.99. The number of hydrogen-bond donors (Lipinski definition) is 1. The van der Waals surface area contributed by atoms with E-state index >= 15 is 0 Å². The quantitative estimate of drug-likeness (QED) is 0.662. The molecule has 3 heteroatoms. The summed E-state index contributed by atoms with van der Waals surface area (Å²) < 4.78 is 0. The van der Waals surface area contributed by atoms with Crippen LogP contribution in [0.25, 0.3) is 0 Å². The van der Waals surface area contributed by atoms with Crippen molar-refractivity contribution in [2.75, 3.05) is 0 Å². The zero-order valence-corrected chi connectivity index (χ0v) is 15.2. The van der Waals surface area contributed by atoms with E-state index in [-0.39, 0.29) is 13.2 Å². The SMILES string of the molecule is C.CC.CC(=O)CCc1cnc[nH]1.CCCCC1CCCCC1. The van der Waals surface area contributed by atoms with Crippen molar-refractivity contribution >= 4 is 5.78 Å². The topological polar surface area (TPSA) is 45.8 Å². The van der Waals surface area contributed by atoms with E-state index < -0.39 is 0 Å². The van der Waals surface area contributed by atoms with Crippen molar-refractivity contribution in [1.82, 2.24) is 9.97 Å². The highest BCUT2D eigenvalue weighted by Crippen LogP contribution is 2.27. The van der Waals surface area contributed by atoms with Crippen LogP contribution < -0.4 is 0 Å². The summed E-state index contributed by atoms with van der Waals surface area (Å²) in [7, 11) is 0. The fourth-order valence-electron chi connectivity index (χ4n) is 2.70. The van der Waals surface area contributed by atoms with Crippen molar-refractivity contribution in [2.45, 2.75) is 99.3 Å². The molecule has 1 aliphatic carbocycles. The Morgan fingerprint density at radius 3 is 2.39 bits per heavy atom. The van der Waals surface area contributed by atoms with Crippen molar-refractivity contribution in [1.29, 1.82) is 0 Å². The molecular weight excluding hydrogens is 284 g/mol.